The lowest BCUT2D eigenvalue weighted by atomic mass is 10.2. The maximum Gasteiger partial charge on any atom is 0.141 e. The third-order valence-electron chi connectivity index (χ3n) is 3.21. The van der Waals surface area contributed by atoms with E-state index in [1.165, 1.54) is 4.90 Å². The maximum atomic E-state index is 5.45. The number of hydrogen-bond donors (Lipinski definition) is 1. The molecule has 2 aromatic carbocycles. The summed E-state index contributed by atoms with van der Waals surface area (Å²) in [6.07, 6.45) is 7.02. The van der Waals surface area contributed by atoms with Gasteiger partial charge in [0, 0.05) is 21.5 Å². The van der Waals surface area contributed by atoms with Crippen molar-refractivity contribution in [1.29, 1.82) is 0 Å². The SMILES string of the molecule is C#Cc1cccc(Nc2ncnc3ccc(SCC)cc23)c1. The first-order chi connectivity index (χ1) is 10.8. The number of rotatable bonds is 4. The maximum absolute atomic E-state index is 5.45. The van der Waals surface area contributed by atoms with Gasteiger partial charge >= 0.3 is 0 Å². The molecule has 0 saturated carbocycles. The summed E-state index contributed by atoms with van der Waals surface area (Å²) < 4.78 is 0. The first kappa shape index (κ1) is 14.4. The molecule has 0 amide bonds. The van der Waals surface area contributed by atoms with Crippen LogP contribution in [0.4, 0.5) is 11.5 Å². The predicted molar refractivity (Wildman–Crippen MR) is 93.6 cm³/mol. The van der Waals surface area contributed by atoms with E-state index in [-0.39, 0.29) is 0 Å². The molecule has 0 atom stereocenters. The summed E-state index contributed by atoms with van der Waals surface area (Å²) in [4.78, 5) is 9.91. The lowest BCUT2D eigenvalue weighted by molar-refractivity contribution is 1.21. The van der Waals surface area contributed by atoms with E-state index in [2.05, 4.69) is 40.3 Å². The Morgan fingerprint density at radius 3 is 2.91 bits per heavy atom. The van der Waals surface area contributed by atoms with Crippen LogP contribution in [-0.2, 0) is 0 Å². The molecule has 3 aromatic rings. The van der Waals surface area contributed by atoms with Gasteiger partial charge in [-0.15, -0.1) is 18.2 Å². The Morgan fingerprint density at radius 1 is 1.18 bits per heavy atom. The van der Waals surface area contributed by atoms with Crippen LogP contribution in [-0.4, -0.2) is 15.7 Å². The number of nitrogens with zero attached hydrogens (tertiary/aromatic N) is 2. The zero-order chi connectivity index (χ0) is 15.4. The molecule has 0 aliphatic carbocycles. The molecule has 1 heterocycles. The molecule has 0 unspecified atom stereocenters. The summed E-state index contributed by atoms with van der Waals surface area (Å²) in [7, 11) is 0. The van der Waals surface area contributed by atoms with Crippen LogP contribution < -0.4 is 5.32 Å². The van der Waals surface area contributed by atoms with Gasteiger partial charge in [-0.25, -0.2) is 9.97 Å². The molecule has 0 aliphatic rings. The molecule has 0 spiro atoms. The smallest absolute Gasteiger partial charge is 0.141 e. The van der Waals surface area contributed by atoms with E-state index in [1.54, 1.807) is 18.1 Å². The van der Waals surface area contributed by atoms with Crippen molar-refractivity contribution < 1.29 is 0 Å². The van der Waals surface area contributed by atoms with Gasteiger partial charge in [0.25, 0.3) is 0 Å². The van der Waals surface area contributed by atoms with Gasteiger partial charge < -0.3 is 5.32 Å². The highest BCUT2D eigenvalue weighted by Gasteiger charge is 2.06. The Kier molecular flexibility index (Phi) is 4.27. The Hall–Kier alpha value is -2.51. The molecule has 22 heavy (non-hydrogen) atoms. The largest absolute Gasteiger partial charge is 0.340 e. The number of hydrogen-bond acceptors (Lipinski definition) is 4. The molecule has 4 heteroatoms. The summed E-state index contributed by atoms with van der Waals surface area (Å²) in [5, 5.41) is 4.34. The highest BCUT2D eigenvalue weighted by Crippen LogP contribution is 2.28. The van der Waals surface area contributed by atoms with Gasteiger partial charge in [-0.05, 0) is 42.2 Å². The lowest BCUT2D eigenvalue weighted by Gasteiger charge is -2.09. The molecular weight excluding hydrogens is 290 g/mol. The van der Waals surface area contributed by atoms with Gasteiger partial charge in [0.05, 0.1) is 5.52 Å². The van der Waals surface area contributed by atoms with Gasteiger partial charge in [-0.3, -0.25) is 0 Å². The van der Waals surface area contributed by atoms with Crippen molar-refractivity contribution in [2.45, 2.75) is 11.8 Å². The van der Waals surface area contributed by atoms with Crippen LogP contribution in [0.1, 0.15) is 12.5 Å². The number of fused-ring (bicyclic) bond motifs is 1. The first-order valence-corrected chi connectivity index (χ1v) is 8.00. The summed E-state index contributed by atoms with van der Waals surface area (Å²) in [6.45, 7) is 2.14. The van der Waals surface area contributed by atoms with Crippen molar-refractivity contribution in [3.8, 4) is 12.3 Å². The molecule has 0 radical (unpaired) electrons. The summed E-state index contributed by atoms with van der Waals surface area (Å²) in [5.74, 6) is 4.46. The van der Waals surface area contributed by atoms with Crippen molar-refractivity contribution in [3.63, 3.8) is 0 Å². The lowest BCUT2D eigenvalue weighted by Crippen LogP contribution is -1.96. The number of aromatic nitrogens is 2. The standard InChI is InChI=1S/C18H15N3S/c1-3-13-6-5-7-14(10-13)21-18-16-11-15(22-4-2)8-9-17(16)19-12-20-18/h1,5-12H,4H2,2H3,(H,19,20,21). The molecule has 3 rings (SSSR count). The molecule has 0 bridgehead atoms. The number of terminal acetylenes is 1. The molecule has 0 saturated heterocycles. The molecule has 1 aromatic heterocycles. The molecule has 3 nitrogen and oxygen atoms in total. The van der Waals surface area contributed by atoms with Crippen LogP contribution in [0.15, 0.2) is 53.7 Å². The Bertz CT molecular complexity index is 852. The van der Waals surface area contributed by atoms with Gasteiger partial charge in [0.1, 0.15) is 12.1 Å². The average Bonchev–Trinajstić information content (AvgIpc) is 2.56. The van der Waals surface area contributed by atoms with Crippen LogP contribution in [0.25, 0.3) is 10.9 Å². The second-order valence-electron chi connectivity index (χ2n) is 4.68. The molecule has 1 N–H and O–H groups in total. The Balaban J connectivity index is 2.02. The van der Waals surface area contributed by atoms with Crippen molar-refractivity contribution in [2.24, 2.45) is 0 Å². The number of benzene rings is 2. The van der Waals surface area contributed by atoms with E-state index in [0.29, 0.717) is 0 Å². The quantitative estimate of drug-likeness (QED) is 0.570. The van der Waals surface area contributed by atoms with E-state index in [9.17, 15) is 0 Å². The predicted octanol–water partition coefficient (Wildman–Crippen LogP) is 4.47. The molecule has 0 aliphatic heterocycles. The topological polar surface area (TPSA) is 37.8 Å². The van der Waals surface area contributed by atoms with Crippen molar-refractivity contribution in [2.75, 3.05) is 11.1 Å². The van der Waals surface area contributed by atoms with Crippen molar-refractivity contribution >= 4 is 34.2 Å². The molecule has 0 fully saturated rings. The molecular formula is C18H15N3S. The average molecular weight is 305 g/mol. The highest BCUT2D eigenvalue weighted by atomic mass is 32.2. The van der Waals surface area contributed by atoms with Gasteiger partial charge in [0.2, 0.25) is 0 Å². The highest BCUT2D eigenvalue weighted by molar-refractivity contribution is 7.99. The second kappa shape index (κ2) is 6.50. The second-order valence-corrected chi connectivity index (χ2v) is 6.02. The van der Waals surface area contributed by atoms with Gasteiger partial charge in [-0.1, -0.05) is 18.9 Å². The monoisotopic (exact) mass is 305 g/mol. The minimum atomic E-state index is 0.790. The fraction of sp³-hybridized carbons (Fsp3) is 0.111. The van der Waals surface area contributed by atoms with Crippen LogP contribution in [0.3, 0.4) is 0 Å². The van der Waals surface area contributed by atoms with Crippen LogP contribution in [0.5, 0.6) is 0 Å². The first-order valence-electron chi connectivity index (χ1n) is 7.01. The van der Waals surface area contributed by atoms with Crippen molar-refractivity contribution in [3.05, 3.63) is 54.4 Å². The fourth-order valence-electron chi connectivity index (χ4n) is 2.22. The fourth-order valence-corrected chi connectivity index (χ4v) is 2.91. The Labute approximate surface area is 134 Å². The zero-order valence-electron chi connectivity index (χ0n) is 12.2. The van der Waals surface area contributed by atoms with E-state index < -0.39 is 0 Å². The number of nitrogens with one attached hydrogen (secondary N) is 1. The van der Waals surface area contributed by atoms with Crippen LogP contribution in [0, 0.1) is 12.3 Å². The van der Waals surface area contributed by atoms with Gasteiger partial charge in [-0.2, -0.15) is 0 Å². The van der Waals surface area contributed by atoms with Gasteiger partial charge in [0.15, 0.2) is 0 Å². The summed E-state index contributed by atoms with van der Waals surface area (Å²) >= 11 is 1.80. The third-order valence-corrected chi connectivity index (χ3v) is 4.09. The number of thioether (sulfide) groups is 1. The van der Waals surface area contributed by atoms with E-state index in [4.69, 9.17) is 6.42 Å². The zero-order valence-corrected chi connectivity index (χ0v) is 13.0. The van der Waals surface area contributed by atoms with Crippen LogP contribution >= 0.6 is 11.8 Å². The van der Waals surface area contributed by atoms with Crippen molar-refractivity contribution in [1.82, 2.24) is 9.97 Å². The van der Waals surface area contributed by atoms with E-state index in [0.717, 1.165) is 33.7 Å². The minimum absolute atomic E-state index is 0.790. The third kappa shape index (κ3) is 3.05. The molecule has 108 valence electrons. The summed E-state index contributed by atoms with van der Waals surface area (Å²) in [6, 6.07) is 14.0. The normalized spacial score (nSPS) is 10.4. The Morgan fingerprint density at radius 2 is 2.09 bits per heavy atom. The van der Waals surface area contributed by atoms with E-state index >= 15 is 0 Å². The minimum Gasteiger partial charge on any atom is -0.340 e. The number of anilines is 2. The summed E-state index contributed by atoms with van der Waals surface area (Å²) in [5.41, 5.74) is 2.68. The van der Waals surface area contributed by atoms with Crippen LogP contribution in [0.2, 0.25) is 0 Å². The van der Waals surface area contributed by atoms with E-state index in [1.807, 2.05) is 30.3 Å².